The minimum absolute atomic E-state index is 0.205. The predicted molar refractivity (Wildman–Crippen MR) is 110 cm³/mol. The zero-order valence-corrected chi connectivity index (χ0v) is 15.8. The minimum atomic E-state index is -0.205. The smallest absolute Gasteiger partial charge is 0.256 e. The lowest BCUT2D eigenvalue weighted by Gasteiger charge is -2.09. The number of anilines is 1. The average Bonchev–Trinajstić information content (AvgIpc) is 3.00. The van der Waals surface area contributed by atoms with Gasteiger partial charge >= 0.3 is 0 Å². The van der Waals surface area contributed by atoms with Gasteiger partial charge in [-0.25, -0.2) is 4.98 Å². The maximum absolute atomic E-state index is 12.8. The first-order valence-electron chi connectivity index (χ1n) is 8.64. The highest BCUT2D eigenvalue weighted by molar-refractivity contribution is 6.30. The molecule has 0 fully saturated rings. The third-order valence-corrected chi connectivity index (χ3v) is 4.77. The molecule has 134 valence electrons. The molecule has 1 N–H and O–H groups in total. The van der Waals surface area contributed by atoms with Gasteiger partial charge in [-0.1, -0.05) is 35.9 Å². The lowest BCUT2D eigenvalue weighted by molar-refractivity contribution is 0.102. The molecule has 4 rings (SSSR count). The van der Waals surface area contributed by atoms with E-state index in [9.17, 15) is 4.79 Å². The van der Waals surface area contributed by atoms with Gasteiger partial charge in [-0.3, -0.25) is 9.20 Å². The molecule has 2 aromatic carbocycles. The van der Waals surface area contributed by atoms with Crippen molar-refractivity contribution in [1.29, 1.82) is 0 Å². The van der Waals surface area contributed by atoms with E-state index >= 15 is 0 Å². The molecule has 2 aromatic heterocycles. The van der Waals surface area contributed by atoms with E-state index in [1.165, 1.54) is 0 Å². The van der Waals surface area contributed by atoms with Crippen molar-refractivity contribution in [3.63, 3.8) is 0 Å². The Morgan fingerprint density at radius 3 is 2.52 bits per heavy atom. The fraction of sp³-hybridized carbons (Fsp3) is 0.0909. The number of carbonyl (C=O) groups is 1. The number of aromatic nitrogens is 2. The highest BCUT2D eigenvalue weighted by Crippen LogP contribution is 2.31. The Morgan fingerprint density at radius 2 is 1.78 bits per heavy atom. The van der Waals surface area contributed by atoms with E-state index in [0.29, 0.717) is 16.4 Å². The number of rotatable bonds is 3. The lowest BCUT2D eigenvalue weighted by atomic mass is 10.1. The van der Waals surface area contributed by atoms with Crippen LogP contribution < -0.4 is 5.32 Å². The van der Waals surface area contributed by atoms with Crippen LogP contribution in [0.5, 0.6) is 0 Å². The number of fused-ring (bicyclic) bond motifs is 1. The van der Waals surface area contributed by atoms with Crippen molar-refractivity contribution in [2.45, 2.75) is 13.8 Å². The standard InChI is InChI=1S/C22H18ClN3O/c1-14-11-12-26-19(13-14)24-20(18-6-4-3-5-15(18)2)21(26)25-22(27)16-7-9-17(23)10-8-16/h3-13H,1-2H3,(H,25,27). The van der Waals surface area contributed by atoms with E-state index in [-0.39, 0.29) is 5.91 Å². The molecule has 0 radical (unpaired) electrons. The summed E-state index contributed by atoms with van der Waals surface area (Å²) in [7, 11) is 0. The van der Waals surface area contributed by atoms with Crippen LogP contribution in [0.1, 0.15) is 21.5 Å². The average molecular weight is 376 g/mol. The first-order chi connectivity index (χ1) is 13.0. The number of nitrogens with zero attached hydrogens (tertiary/aromatic N) is 2. The number of benzene rings is 2. The molecule has 4 aromatic rings. The normalized spacial score (nSPS) is 10.9. The molecule has 2 heterocycles. The maximum Gasteiger partial charge on any atom is 0.256 e. The molecular formula is C22H18ClN3O. The highest BCUT2D eigenvalue weighted by Gasteiger charge is 2.18. The number of nitrogens with one attached hydrogen (secondary N) is 1. The van der Waals surface area contributed by atoms with Crippen molar-refractivity contribution in [2.24, 2.45) is 0 Å². The second-order valence-electron chi connectivity index (χ2n) is 6.52. The molecule has 27 heavy (non-hydrogen) atoms. The number of carbonyl (C=O) groups excluding carboxylic acids is 1. The van der Waals surface area contributed by atoms with Gasteiger partial charge in [-0.15, -0.1) is 0 Å². The number of amides is 1. The zero-order chi connectivity index (χ0) is 19.0. The summed E-state index contributed by atoms with van der Waals surface area (Å²) >= 11 is 5.93. The van der Waals surface area contributed by atoms with E-state index in [4.69, 9.17) is 16.6 Å². The van der Waals surface area contributed by atoms with Crippen LogP contribution in [0, 0.1) is 13.8 Å². The summed E-state index contributed by atoms with van der Waals surface area (Å²) in [6, 6.07) is 18.8. The van der Waals surface area contributed by atoms with Crippen LogP contribution in [0.25, 0.3) is 16.9 Å². The molecule has 0 spiro atoms. The van der Waals surface area contributed by atoms with Crippen LogP contribution in [-0.2, 0) is 0 Å². The van der Waals surface area contributed by atoms with E-state index in [2.05, 4.69) is 5.32 Å². The minimum Gasteiger partial charge on any atom is -0.306 e. The number of halogens is 1. The molecular weight excluding hydrogens is 358 g/mol. The van der Waals surface area contributed by atoms with E-state index in [1.807, 2.05) is 60.8 Å². The van der Waals surface area contributed by atoms with Crippen LogP contribution in [0.15, 0.2) is 66.9 Å². The summed E-state index contributed by atoms with van der Waals surface area (Å²) in [4.78, 5) is 17.6. The van der Waals surface area contributed by atoms with Crippen LogP contribution in [0.3, 0.4) is 0 Å². The van der Waals surface area contributed by atoms with E-state index < -0.39 is 0 Å². The quantitative estimate of drug-likeness (QED) is 0.512. The van der Waals surface area contributed by atoms with Gasteiger partial charge in [0, 0.05) is 22.3 Å². The van der Waals surface area contributed by atoms with Gasteiger partial charge in [0.1, 0.15) is 17.2 Å². The van der Waals surface area contributed by atoms with Crippen molar-refractivity contribution in [1.82, 2.24) is 9.38 Å². The van der Waals surface area contributed by atoms with Crippen molar-refractivity contribution in [3.05, 3.63) is 88.6 Å². The fourth-order valence-electron chi connectivity index (χ4n) is 3.07. The Balaban J connectivity index is 1.85. The number of hydrogen-bond acceptors (Lipinski definition) is 2. The largest absolute Gasteiger partial charge is 0.306 e. The molecule has 0 aliphatic heterocycles. The lowest BCUT2D eigenvalue weighted by Crippen LogP contribution is -2.14. The number of imidazole rings is 1. The van der Waals surface area contributed by atoms with Crippen LogP contribution in [0.2, 0.25) is 5.02 Å². The molecule has 0 saturated heterocycles. The Morgan fingerprint density at radius 1 is 1.04 bits per heavy atom. The molecule has 0 saturated carbocycles. The fourth-order valence-corrected chi connectivity index (χ4v) is 3.20. The molecule has 0 aliphatic carbocycles. The second-order valence-corrected chi connectivity index (χ2v) is 6.95. The first kappa shape index (κ1) is 17.3. The van der Waals surface area contributed by atoms with Crippen LogP contribution in [-0.4, -0.2) is 15.3 Å². The molecule has 5 heteroatoms. The number of pyridine rings is 1. The molecule has 0 bridgehead atoms. The first-order valence-corrected chi connectivity index (χ1v) is 9.02. The topological polar surface area (TPSA) is 46.4 Å². The maximum atomic E-state index is 12.8. The Kier molecular flexibility index (Phi) is 4.42. The predicted octanol–water partition coefficient (Wildman–Crippen LogP) is 5.52. The van der Waals surface area contributed by atoms with Gasteiger partial charge < -0.3 is 5.32 Å². The summed E-state index contributed by atoms with van der Waals surface area (Å²) in [6.45, 7) is 4.06. The van der Waals surface area contributed by atoms with Gasteiger partial charge in [-0.05, 0) is 61.4 Å². The van der Waals surface area contributed by atoms with Crippen molar-refractivity contribution in [2.75, 3.05) is 5.32 Å². The third-order valence-electron chi connectivity index (χ3n) is 4.52. The van der Waals surface area contributed by atoms with Gasteiger partial charge in [0.05, 0.1) is 0 Å². The van der Waals surface area contributed by atoms with Gasteiger partial charge in [0.2, 0.25) is 0 Å². The van der Waals surface area contributed by atoms with Gasteiger partial charge in [-0.2, -0.15) is 0 Å². The van der Waals surface area contributed by atoms with E-state index in [1.54, 1.807) is 24.3 Å². The summed E-state index contributed by atoms with van der Waals surface area (Å²) in [5.41, 5.74) is 5.28. The SMILES string of the molecule is Cc1ccn2c(NC(=O)c3ccc(Cl)cc3)c(-c3ccccc3C)nc2c1. The molecule has 0 aliphatic rings. The summed E-state index contributed by atoms with van der Waals surface area (Å²) in [5.74, 6) is 0.447. The Labute approximate surface area is 162 Å². The molecule has 0 atom stereocenters. The van der Waals surface area contributed by atoms with E-state index in [0.717, 1.165) is 28.0 Å². The summed E-state index contributed by atoms with van der Waals surface area (Å²) in [5, 5.41) is 3.63. The van der Waals surface area contributed by atoms with Gasteiger partial charge in [0.15, 0.2) is 0 Å². The Bertz CT molecular complexity index is 1150. The molecule has 1 amide bonds. The molecule has 0 unspecified atom stereocenters. The van der Waals surface area contributed by atoms with Crippen molar-refractivity contribution < 1.29 is 4.79 Å². The monoisotopic (exact) mass is 375 g/mol. The Hall–Kier alpha value is -3.11. The number of hydrogen-bond donors (Lipinski definition) is 1. The van der Waals surface area contributed by atoms with Crippen molar-refractivity contribution >= 4 is 29.0 Å². The highest BCUT2D eigenvalue weighted by atomic mass is 35.5. The summed E-state index contributed by atoms with van der Waals surface area (Å²) in [6.07, 6.45) is 1.93. The van der Waals surface area contributed by atoms with Gasteiger partial charge in [0.25, 0.3) is 5.91 Å². The second kappa shape index (κ2) is 6.89. The van der Waals surface area contributed by atoms with Crippen molar-refractivity contribution in [3.8, 4) is 11.3 Å². The zero-order valence-electron chi connectivity index (χ0n) is 15.0. The summed E-state index contributed by atoms with van der Waals surface area (Å²) < 4.78 is 1.91. The third kappa shape index (κ3) is 3.32. The molecule has 4 nitrogen and oxygen atoms in total. The van der Waals surface area contributed by atoms with Crippen LogP contribution in [0.4, 0.5) is 5.82 Å². The van der Waals surface area contributed by atoms with Crippen LogP contribution >= 0.6 is 11.6 Å². The number of aryl methyl sites for hydroxylation is 2.